The molecule has 1 aliphatic heterocycles. The predicted molar refractivity (Wildman–Crippen MR) is 50.5 cm³/mol. The van der Waals surface area contributed by atoms with Gasteiger partial charge in [0, 0.05) is 12.2 Å². The van der Waals surface area contributed by atoms with Crippen molar-refractivity contribution in [2.75, 3.05) is 26.6 Å². The van der Waals surface area contributed by atoms with Gasteiger partial charge in [0.2, 0.25) is 0 Å². The second kappa shape index (κ2) is 4.18. The van der Waals surface area contributed by atoms with Gasteiger partial charge in [-0.15, -0.1) is 0 Å². The molecule has 0 amide bonds. The van der Waals surface area contributed by atoms with Crippen molar-refractivity contribution in [1.29, 1.82) is 0 Å². The fraction of sp³-hybridized carbons (Fsp3) is 1.00. The van der Waals surface area contributed by atoms with Crippen LogP contribution in [0, 0.1) is 0 Å². The number of hydrogen-bond donors (Lipinski definition) is 3. The van der Waals surface area contributed by atoms with Crippen LogP contribution in [0.1, 0.15) is 20.3 Å². The first-order valence-electron chi connectivity index (χ1n) is 4.53. The molecule has 0 aromatic carbocycles. The summed E-state index contributed by atoms with van der Waals surface area (Å²) in [6.45, 7) is 8.04. The minimum Gasteiger partial charge on any atom is -0.330 e. The van der Waals surface area contributed by atoms with Gasteiger partial charge in [0.25, 0.3) is 0 Å². The first-order valence-corrected chi connectivity index (χ1v) is 4.53. The van der Waals surface area contributed by atoms with Gasteiger partial charge in [-0.25, -0.2) is 0 Å². The van der Waals surface area contributed by atoms with E-state index in [1.165, 1.54) is 0 Å². The second-order valence-corrected chi connectivity index (χ2v) is 3.88. The van der Waals surface area contributed by atoms with Crippen LogP contribution >= 0.6 is 0 Å². The van der Waals surface area contributed by atoms with Gasteiger partial charge in [-0.2, -0.15) is 0 Å². The summed E-state index contributed by atoms with van der Waals surface area (Å²) >= 11 is 0. The minimum atomic E-state index is 0.204. The molecule has 0 aromatic heterocycles. The summed E-state index contributed by atoms with van der Waals surface area (Å²) in [5, 5.41) is 6.55. The molecule has 1 heterocycles. The van der Waals surface area contributed by atoms with Crippen LogP contribution in [-0.2, 0) is 0 Å². The van der Waals surface area contributed by atoms with E-state index in [4.69, 9.17) is 5.73 Å². The highest BCUT2D eigenvalue weighted by molar-refractivity contribution is 4.82. The quantitative estimate of drug-likeness (QED) is 0.536. The Morgan fingerprint density at radius 2 is 1.92 bits per heavy atom. The summed E-state index contributed by atoms with van der Waals surface area (Å²) in [4.78, 5) is 2.36. The molecule has 0 spiro atoms. The van der Waals surface area contributed by atoms with Gasteiger partial charge >= 0.3 is 0 Å². The summed E-state index contributed by atoms with van der Waals surface area (Å²) in [6.07, 6.45) is 1.04. The minimum absolute atomic E-state index is 0.204. The zero-order chi connectivity index (χ0) is 9.03. The summed E-state index contributed by atoms with van der Waals surface area (Å²) < 4.78 is 0. The third-order valence-corrected chi connectivity index (χ3v) is 2.47. The normalized spacial score (nSPS) is 21.2. The molecule has 1 aliphatic rings. The van der Waals surface area contributed by atoms with Crippen LogP contribution < -0.4 is 16.4 Å². The predicted octanol–water partition coefficient (Wildman–Crippen LogP) is -0.519. The van der Waals surface area contributed by atoms with Crippen LogP contribution in [0.3, 0.4) is 0 Å². The van der Waals surface area contributed by atoms with Crippen LogP contribution in [0.15, 0.2) is 0 Å². The van der Waals surface area contributed by atoms with Gasteiger partial charge in [-0.3, -0.25) is 15.5 Å². The van der Waals surface area contributed by atoms with Crippen LogP contribution in [0.25, 0.3) is 0 Å². The second-order valence-electron chi connectivity index (χ2n) is 3.88. The van der Waals surface area contributed by atoms with Gasteiger partial charge in [0.15, 0.2) is 0 Å². The lowest BCUT2D eigenvalue weighted by Gasteiger charge is -2.41. The van der Waals surface area contributed by atoms with Gasteiger partial charge in [-0.05, 0) is 26.8 Å². The van der Waals surface area contributed by atoms with Crippen molar-refractivity contribution in [3.8, 4) is 0 Å². The number of nitrogens with one attached hydrogen (secondary N) is 2. The molecule has 4 N–H and O–H groups in total. The number of hydrogen-bond acceptors (Lipinski definition) is 4. The molecule has 0 saturated carbocycles. The molecule has 1 rings (SSSR count). The van der Waals surface area contributed by atoms with Gasteiger partial charge < -0.3 is 5.73 Å². The van der Waals surface area contributed by atoms with Crippen LogP contribution in [0.4, 0.5) is 0 Å². The zero-order valence-electron chi connectivity index (χ0n) is 8.06. The standard InChI is InChI=1S/C8H20N4/c1-8(2,3-4-9)12-6-10-5-11-7-12/h10-11H,3-7,9H2,1-2H3. The Labute approximate surface area is 74.5 Å². The Morgan fingerprint density at radius 1 is 1.33 bits per heavy atom. The van der Waals surface area contributed by atoms with E-state index in [1.807, 2.05) is 0 Å². The number of rotatable bonds is 3. The van der Waals surface area contributed by atoms with Crippen molar-refractivity contribution in [3.05, 3.63) is 0 Å². The molecular formula is C8H20N4. The Morgan fingerprint density at radius 3 is 2.42 bits per heavy atom. The summed E-state index contributed by atoms with van der Waals surface area (Å²) in [6, 6.07) is 0. The monoisotopic (exact) mass is 172 g/mol. The van der Waals surface area contributed by atoms with Gasteiger partial charge in [0.05, 0.1) is 13.3 Å². The van der Waals surface area contributed by atoms with Crippen LogP contribution in [-0.4, -0.2) is 37.0 Å². The molecule has 72 valence electrons. The van der Waals surface area contributed by atoms with Crippen molar-refractivity contribution < 1.29 is 0 Å². The zero-order valence-corrected chi connectivity index (χ0v) is 8.06. The van der Waals surface area contributed by atoms with Crippen molar-refractivity contribution in [2.45, 2.75) is 25.8 Å². The lowest BCUT2D eigenvalue weighted by atomic mass is 9.99. The van der Waals surface area contributed by atoms with Crippen LogP contribution in [0.2, 0.25) is 0 Å². The van der Waals surface area contributed by atoms with Crippen molar-refractivity contribution >= 4 is 0 Å². The molecule has 1 saturated heterocycles. The first-order chi connectivity index (χ1) is 5.67. The van der Waals surface area contributed by atoms with E-state index in [1.54, 1.807) is 0 Å². The Hall–Kier alpha value is -0.160. The molecule has 0 bridgehead atoms. The highest BCUT2D eigenvalue weighted by Gasteiger charge is 2.26. The molecular weight excluding hydrogens is 152 g/mol. The molecule has 4 heteroatoms. The van der Waals surface area contributed by atoms with Crippen LogP contribution in [0.5, 0.6) is 0 Å². The molecule has 0 unspecified atom stereocenters. The molecule has 0 aliphatic carbocycles. The lowest BCUT2D eigenvalue weighted by Crippen LogP contribution is -2.58. The molecule has 0 aromatic rings. The average molecular weight is 172 g/mol. The Bertz CT molecular complexity index is 129. The number of nitrogens with zero attached hydrogens (tertiary/aromatic N) is 1. The van der Waals surface area contributed by atoms with E-state index < -0.39 is 0 Å². The van der Waals surface area contributed by atoms with Gasteiger partial charge in [-0.1, -0.05) is 0 Å². The van der Waals surface area contributed by atoms with Crippen molar-refractivity contribution in [1.82, 2.24) is 15.5 Å². The first kappa shape index (κ1) is 9.92. The summed E-state index contributed by atoms with van der Waals surface area (Å²) in [5.74, 6) is 0. The van der Waals surface area contributed by atoms with Crippen molar-refractivity contribution in [3.63, 3.8) is 0 Å². The highest BCUT2D eigenvalue weighted by Crippen LogP contribution is 2.16. The summed E-state index contributed by atoms with van der Waals surface area (Å²) in [7, 11) is 0. The molecule has 12 heavy (non-hydrogen) atoms. The fourth-order valence-electron chi connectivity index (χ4n) is 1.47. The Balaban J connectivity index is 2.41. The van der Waals surface area contributed by atoms with Crippen molar-refractivity contribution in [2.24, 2.45) is 5.73 Å². The highest BCUT2D eigenvalue weighted by atomic mass is 15.4. The van der Waals surface area contributed by atoms with E-state index in [9.17, 15) is 0 Å². The maximum atomic E-state index is 5.55. The molecule has 0 atom stereocenters. The van der Waals surface area contributed by atoms with Gasteiger partial charge in [0.1, 0.15) is 0 Å². The van der Waals surface area contributed by atoms with E-state index in [-0.39, 0.29) is 5.54 Å². The van der Waals surface area contributed by atoms with E-state index >= 15 is 0 Å². The third-order valence-electron chi connectivity index (χ3n) is 2.47. The average Bonchev–Trinajstić information content (AvgIpc) is 2.06. The van der Waals surface area contributed by atoms with E-state index in [0.29, 0.717) is 0 Å². The molecule has 1 fully saturated rings. The largest absolute Gasteiger partial charge is 0.330 e. The Kier molecular flexibility index (Phi) is 3.46. The van der Waals surface area contributed by atoms with E-state index in [2.05, 4.69) is 29.4 Å². The maximum absolute atomic E-state index is 5.55. The third kappa shape index (κ3) is 2.42. The topological polar surface area (TPSA) is 53.3 Å². The fourth-order valence-corrected chi connectivity index (χ4v) is 1.47. The maximum Gasteiger partial charge on any atom is 0.0507 e. The SMILES string of the molecule is CC(C)(CCN)N1CNCNC1. The van der Waals surface area contributed by atoms with E-state index in [0.717, 1.165) is 33.0 Å². The molecule has 4 nitrogen and oxygen atoms in total. The summed E-state index contributed by atoms with van der Waals surface area (Å²) in [5.41, 5.74) is 5.76. The number of nitrogens with two attached hydrogens (primary N) is 1. The smallest absolute Gasteiger partial charge is 0.0507 e. The molecule has 0 radical (unpaired) electrons. The lowest BCUT2D eigenvalue weighted by molar-refractivity contribution is 0.0687.